The van der Waals surface area contributed by atoms with Crippen LogP contribution in [-0.4, -0.2) is 5.91 Å². The maximum absolute atomic E-state index is 13.5. The number of carbonyl (C=O) groups excluding carboxylic acids is 1. The second kappa shape index (κ2) is 7.03. The molecule has 1 amide bonds. The molecule has 2 aromatic carbocycles. The quantitative estimate of drug-likeness (QED) is 0.836. The third-order valence-corrected chi connectivity index (χ3v) is 3.58. The van der Waals surface area contributed by atoms with Gasteiger partial charge in [0.25, 0.3) is 0 Å². The molecule has 0 aliphatic heterocycles. The number of rotatable bonds is 4. The van der Waals surface area contributed by atoms with Crippen molar-refractivity contribution in [1.29, 1.82) is 0 Å². The van der Waals surface area contributed by atoms with Gasteiger partial charge in [-0.3, -0.25) is 4.79 Å². The SMILES string of the molecule is Cc1ccc(C)c(C(C)NC(=O)/C=C/c2ccccc2F)c1. The molecule has 0 aliphatic carbocycles. The topological polar surface area (TPSA) is 29.1 Å². The molecule has 0 aromatic heterocycles. The van der Waals surface area contributed by atoms with Crippen LogP contribution in [0.3, 0.4) is 0 Å². The first-order chi connectivity index (χ1) is 10.5. The summed E-state index contributed by atoms with van der Waals surface area (Å²) >= 11 is 0. The van der Waals surface area contributed by atoms with Gasteiger partial charge in [-0.1, -0.05) is 42.0 Å². The van der Waals surface area contributed by atoms with Gasteiger partial charge in [0, 0.05) is 11.6 Å². The Kier molecular flexibility index (Phi) is 5.10. The fourth-order valence-corrected chi connectivity index (χ4v) is 2.34. The van der Waals surface area contributed by atoms with Crippen molar-refractivity contribution in [2.24, 2.45) is 0 Å². The van der Waals surface area contributed by atoms with Gasteiger partial charge in [0.2, 0.25) is 5.91 Å². The van der Waals surface area contributed by atoms with E-state index < -0.39 is 0 Å². The van der Waals surface area contributed by atoms with Gasteiger partial charge in [0.05, 0.1) is 6.04 Å². The molecule has 3 heteroatoms. The highest BCUT2D eigenvalue weighted by Crippen LogP contribution is 2.19. The number of nitrogens with one attached hydrogen (secondary N) is 1. The van der Waals surface area contributed by atoms with Gasteiger partial charge in [0.1, 0.15) is 5.82 Å². The summed E-state index contributed by atoms with van der Waals surface area (Å²) in [7, 11) is 0. The molecular weight excluding hydrogens is 277 g/mol. The third-order valence-electron chi connectivity index (χ3n) is 3.58. The van der Waals surface area contributed by atoms with E-state index in [1.54, 1.807) is 18.2 Å². The molecule has 0 saturated heterocycles. The van der Waals surface area contributed by atoms with Crippen molar-refractivity contribution in [1.82, 2.24) is 5.32 Å². The number of aryl methyl sites for hydroxylation is 2. The molecule has 2 nitrogen and oxygen atoms in total. The molecule has 0 heterocycles. The second-order valence-electron chi connectivity index (χ2n) is 5.45. The zero-order valence-corrected chi connectivity index (χ0v) is 13.1. The van der Waals surface area contributed by atoms with E-state index in [2.05, 4.69) is 11.4 Å². The molecule has 1 unspecified atom stereocenters. The van der Waals surface area contributed by atoms with Gasteiger partial charge in [-0.25, -0.2) is 4.39 Å². The molecule has 1 atom stereocenters. The highest BCUT2D eigenvalue weighted by atomic mass is 19.1. The number of hydrogen-bond donors (Lipinski definition) is 1. The van der Waals surface area contributed by atoms with E-state index in [0.29, 0.717) is 5.56 Å². The average Bonchev–Trinajstić information content (AvgIpc) is 2.48. The van der Waals surface area contributed by atoms with Gasteiger partial charge in [-0.15, -0.1) is 0 Å². The van der Waals surface area contributed by atoms with E-state index in [9.17, 15) is 9.18 Å². The summed E-state index contributed by atoms with van der Waals surface area (Å²) in [5.41, 5.74) is 3.78. The van der Waals surface area contributed by atoms with Crippen LogP contribution < -0.4 is 5.32 Å². The summed E-state index contributed by atoms with van der Waals surface area (Å²) in [6, 6.07) is 12.4. The summed E-state index contributed by atoms with van der Waals surface area (Å²) in [6.45, 7) is 5.98. The minimum atomic E-state index is -0.339. The molecule has 0 bridgehead atoms. The number of benzene rings is 2. The van der Waals surface area contributed by atoms with E-state index >= 15 is 0 Å². The standard InChI is InChI=1S/C19H20FNO/c1-13-8-9-14(2)17(12-13)15(3)21-19(22)11-10-16-6-4-5-7-18(16)20/h4-12,15H,1-3H3,(H,21,22)/b11-10+. The lowest BCUT2D eigenvalue weighted by Crippen LogP contribution is -2.25. The lowest BCUT2D eigenvalue weighted by Gasteiger charge is -2.16. The van der Waals surface area contributed by atoms with Crippen molar-refractivity contribution in [2.75, 3.05) is 0 Å². The summed E-state index contributed by atoms with van der Waals surface area (Å²) < 4.78 is 13.5. The van der Waals surface area contributed by atoms with E-state index in [-0.39, 0.29) is 17.8 Å². The van der Waals surface area contributed by atoms with Crippen molar-refractivity contribution >= 4 is 12.0 Å². The average molecular weight is 297 g/mol. The predicted molar refractivity (Wildman–Crippen MR) is 87.9 cm³/mol. The molecule has 2 aromatic rings. The van der Waals surface area contributed by atoms with Crippen molar-refractivity contribution in [2.45, 2.75) is 26.8 Å². The zero-order chi connectivity index (χ0) is 16.1. The molecular formula is C19H20FNO. The zero-order valence-electron chi connectivity index (χ0n) is 13.1. The van der Waals surface area contributed by atoms with Gasteiger partial charge in [-0.2, -0.15) is 0 Å². The molecule has 0 fully saturated rings. The molecule has 114 valence electrons. The Hall–Kier alpha value is -2.42. The Morgan fingerprint density at radius 1 is 1.18 bits per heavy atom. The molecule has 1 N–H and O–H groups in total. The molecule has 0 spiro atoms. The minimum absolute atomic E-state index is 0.0994. The molecule has 2 rings (SSSR count). The van der Waals surface area contributed by atoms with Crippen molar-refractivity contribution in [3.05, 3.63) is 76.6 Å². The largest absolute Gasteiger partial charge is 0.346 e. The smallest absolute Gasteiger partial charge is 0.244 e. The van der Waals surface area contributed by atoms with Crippen LogP contribution in [0.4, 0.5) is 4.39 Å². The Bertz CT molecular complexity index is 706. The van der Waals surface area contributed by atoms with Crippen LogP contribution >= 0.6 is 0 Å². The number of hydrogen-bond acceptors (Lipinski definition) is 1. The molecule has 22 heavy (non-hydrogen) atoms. The summed E-state index contributed by atoms with van der Waals surface area (Å²) in [5.74, 6) is -0.578. The van der Waals surface area contributed by atoms with Crippen LogP contribution in [0.15, 0.2) is 48.5 Å². The predicted octanol–water partition coefficient (Wildman–Crippen LogP) is 4.33. The van der Waals surface area contributed by atoms with Crippen LogP contribution in [-0.2, 0) is 4.79 Å². The van der Waals surface area contributed by atoms with Crippen LogP contribution in [0.1, 0.15) is 35.2 Å². The second-order valence-corrected chi connectivity index (χ2v) is 5.45. The summed E-state index contributed by atoms with van der Waals surface area (Å²) in [4.78, 5) is 12.0. The van der Waals surface area contributed by atoms with Gasteiger partial charge < -0.3 is 5.32 Å². The summed E-state index contributed by atoms with van der Waals surface area (Å²) in [6.07, 6.45) is 2.85. The van der Waals surface area contributed by atoms with Crippen LogP contribution in [0.2, 0.25) is 0 Å². The van der Waals surface area contributed by atoms with Crippen molar-refractivity contribution < 1.29 is 9.18 Å². The maximum Gasteiger partial charge on any atom is 0.244 e. The normalized spacial score (nSPS) is 12.4. The minimum Gasteiger partial charge on any atom is -0.346 e. The summed E-state index contributed by atoms with van der Waals surface area (Å²) in [5, 5.41) is 2.91. The maximum atomic E-state index is 13.5. The lowest BCUT2D eigenvalue weighted by molar-refractivity contribution is -0.117. The Morgan fingerprint density at radius 2 is 1.91 bits per heavy atom. The molecule has 0 saturated carbocycles. The fourth-order valence-electron chi connectivity index (χ4n) is 2.34. The van der Waals surface area contributed by atoms with Crippen LogP contribution in [0.5, 0.6) is 0 Å². The number of amides is 1. The highest BCUT2D eigenvalue weighted by Gasteiger charge is 2.10. The Morgan fingerprint density at radius 3 is 2.64 bits per heavy atom. The fraction of sp³-hybridized carbons (Fsp3) is 0.211. The Balaban J connectivity index is 2.06. The molecule has 0 aliphatic rings. The van der Waals surface area contributed by atoms with E-state index in [1.165, 1.54) is 18.2 Å². The Labute approximate surface area is 130 Å². The number of halogens is 1. The first-order valence-electron chi connectivity index (χ1n) is 7.27. The number of carbonyl (C=O) groups is 1. The van der Waals surface area contributed by atoms with Gasteiger partial charge in [-0.05, 0) is 44.0 Å². The third kappa shape index (κ3) is 4.04. The highest BCUT2D eigenvalue weighted by molar-refractivity contribution is 5.92. The van der Waals surface area contributed by atoms with Crippen LogP contribution in [0, 0.1) is 19.7 Å². The van der Waals surface area contributed by atoms with Gasteiger partial charge >= 0.3 is 0 Å². The molecule has 0 radical (unpaired) electrons. The van der Waals surface area contributed by atoms with E-state index in [1.807, 2.05) is 32.9 Å². The monoisotopic (exact) mass is 297 g/mol. The lowest BCUT2D eigenvalue weighted by atomic mass is 10.00. The first-order valence-corrected chi connectivity index (χ1v) is 7.27. The van der Waals surface area contributed by atoms with E-state index in [0.717, 1.165) is 16.7 Å². The van der Waals surface area contributed by atoms with E-state index in [4.69, 9.17) is 0 Å². The van der Waals surface area contributed by atoms with Crippen LogP contribution in [0.25, 0.3) is 6.08 Å². The van der Waals surface area contributed by atoms with Crippen molar-refractivity contribution in [3.8, 4) is 0 Å². The van der Waals surface area contributed by atoms with Crippen molar-refractivity contribution in [3.63, 3.8) is 0 Å². The van der Waals surface area contributed by atoms with Gasteiger partial charge in [0.15, 0.2) is 0 Å². The first kappa shape index (κ1) is 16.0.